The van der Waals surface area contributed by atoms with Crippen LogP contribution in [-0.4, -0.2) is 38.8 Å². The fourth-order valence-electron chi connectivity index (χ4n) is 3.76. The van der Waals surface area contributed by atoms with Gasteiger partial charge in [-0.15, -0.1) is 11.3 Å². The van der Waals surface area contributed by atoms with E-state index in [-0.39, 0.29) is 12.1 Å². The van der Waals surface area contributed by atoms with Crippen LogP contribution in [0.5, 0.6) is 5.75 Å². The summed E-state index contributed by atoms with van der Waals surface area (Å²) in [7, 11) is 1.55. The monoisotopic (exact) mass is 435 g/mol. The van der Waals surface area contributed by atoms with E-state index in [2.05, 4.69) is 9.97 Å². The Morgan fingerprint density at radius 1 is 1.26 bits per heavy atom. The van der Waals surface area contributed by atoms with Gasteiger partial charge in [-0.3, -0.25) is 14.6 Å². The molecule has 0 saturated carbocycles. The molecule has 0 aliphatic carbocycles. The number of aryl methyl sites for hydroxylation is 2. The van der Waals surface area contributed by atoms with Gasteiger partial charge in [-0.1, -0.05) is 18.2 Å². The number of carbonyl (C=O) groups is 2. The number of methoxy groups -OCH3 is 1. The van der Waals surface area contributed by atoms with Gasteiger partial charge in [0.15, 0.2) is 5.76 Å². The maximum atomic E-state index is 13.5. The first-order valence-electron chi connectivity index (χ1n) is 9.66. The number of amides is 1. The molecule has 0 unspecified atom stereocenters. The van der Waals surface area contributed by atoms with Crippen LogP contribution in [0.1, 0.15) is 37.5 Å². The molecule has 8 heteroatoms. The van der Waals surface area contributed by atoms with E-state index in [9.17, 15) is 14.7 Å². The fraction of sp³-hybridized carbons (Fsp3) is 0.217. The first-order valence-corrected chi connectivity index (χ1v) is 10.5. The van der Waals surface area contributed by atoms with Crippen molar-refractivity contribution in [3.8, 4) is 5.75 Å². The number of ether oxygens (including phenoxy) is 1. The van der Waals surface area contributed by atoms with Crippen LogP contribution in [0.25, 0.3) is 0 Å². The second kappa shape index (κ2) is 8.31. The van der Waals surface area contributed by atoms with Crippen molar-refractivity contribution < 1.29 is 19.4 Å². The normalized spacial score (nSPS) is 16.2. The van der Waals surface area contributed by atoms with Crippen molar-refractivity contribution in [1.29, 1.82) is 0 Å². The third-order valence-electron chi connectivity index (χ3n) is 5.14. The number of Topliss-reactive ketones (excluding diaryl/α,β-unsaturated/α-hetero) is 1. The van der Waals surface area contributed by atoms with Gasteiger partial charge >= 0.3 is 0 Å². The first-order chi connectivity index (χ1) is 14.9. The number of hydrogen-bond donors (Lipinski definition) is 1. The Morgan fingerprint density at radius 2 is 2.06 bits per heavy atom. The largest absolute Gasteiger partial charge is 0.503 e. The molecule has 0 bridgehead atoms. The van der Waals surface area contributed by atoms with Crippen molar-refractivity contribution in [2.75, 3.05) is 7.11 Å². The van der Waals surface area contributed by atoms with Gasteiger partial charge in [0.1, 0.15) is 5.75 Å². The summed E-state index contributed by atoms with van der Waals surface area (Å²) in [6.45, 7) is 3.76. The summed E-state index contributed by atoms with van der Waals surface area (Å²) in [5, 5.41) is 11.5. The van der Waals surface area contributed by atoms with Crippen molar-refractivity contribution in [1.82, 2.24) is 14.9 Å². The Kier molecular flexibility index (Phi) is 5.56. The lowest BCUT2D eigenvalue weighted by molar-refractivity contribution is -0.130. The van der Waals surface area contributed by atoms with Crippen LogP contribution < -0.4 is 4.74 Å². The predicted molar refractivity (Wildman–Crippen MR) is 116 cm³/mol. The number of aromatic nitrogens is 2. The zero-order valence-corrected chi connectivity index (χ0v) is 18.1. The topological polar surface area (TPSA) is 92.6 Å². The summed E-state index contributed by atoms with van der Waals surface area (Å²) in [6, 6.07) is 10.0. The highest BCUT2D eigenvalue weighted by atomic mass is 32.1. The fourth-order valence-corrected chi connectivity index (χ4v) is 4.63. The van der Waals surface area contributed by atoms with E-state index in [0.29, 0.717) is 21.9 Å². The summed E-state index contributed by atoms with van der Waals surface area (Å²) in [5.74, 6) is -0.934. The van der Waals surface area contributed by atoms with Crippen LogP contribution in [0, 0.1) is 13.8 Å². The summed E-state index contributed by atoms with van der Waals surface area (Å²) >= 11 is 1.25. The molecule has 0 radical (unpaired) electrons. The number of ketones is 1. The van der Waals surface area contributed by atoms with Crippen LogP contribution in [0.15, 0.2) is 60.1 Å². The lowest BCUT2D eigenvalue weighted by Crippen LogP contribution is -2.30. The quantitative estimate of drug-likeness (QED) is 0.590. The molecule has 1 aromatic carbocycles. The molecule has 1 N–H and O–H groups in total. The van der Waals surface area contributed by atoms with Crippen molar-refractivity contribution >= 4 is 23.0 Å². The Labute approximate surface area is 183 Å². The zero-order valence-electron chi connectivity index (χ0n) is 17.3. The van der Waals surface area contributed by atoms with Crippen LogP contribution in [-0.2, 0) is 11.3 Å². The smallest absolute Gasteiger partial charge is 0.290 e. The van der Waals surface area contributed by atoms with E-state index in [0.717, 1.165) is 10.6 Å². The number of benzene rings is 1. The second-order valence-electron chi connectivity index (χ2n) is 7.21. The number of carbonyl (C=O) groups excluding carboxylic acids is 2. The molecule has 158 valence electrons. The maximum absolute atomic E-state index is 13.5. The third kappa shape index (κ3) is 3.82. The average molecular weight is 436 g/mol. The predicted octanol–water partition coefficient (Wildman–Crippen LogP) is 3.94. The van der Waals surface area contributed by atoms with Crippen LogP contribution in [0.3, 0.4) is 0 Å². The summed E-state index contributed by atoms with van der Waals surface area (Å²) in [4.78, 5) is 36.9. The molecule has 3 aromatic rings. The minimum absolute atomic E-state index is 0.0499. The number of nitrogens with zero attached hydrogens (tertiary/aromatic N) is 3. The Bertz CT molecular complexity index is 1190. The number of thiazole rings is 1. The average Bonchev–Trinajstić information content (AvgIpc) is 3.24. The minimum atomic E-state index is -0.767. The molecule has 1 aliphatic rings. The molecular weight excluding hydrogens is 414 g/mol. The molecule has 1 aliphatic heterocycles. The number of aliphatic hydroxyl groups is 1. The van der Waals surface area contributed by atoms with E-state index in [1.165, 1.54) is 16.2 Å². The van der Waals surface area contributed by atoms with Gasteiger partial charge < -0.3 is 14.7 Å². The molecule has 0 fully saturated rings. The molecule has 3 heterocycles. The van der Waals surface area contributed by atoms with Gasteiger partial charge in [0.25, 0.3) is 5.91 Å². The molecule has 4 rings (SSSR count). The minimum Gasteiger partial charge on any atom is -0.503 e. The highest BCUT2D eigenvalue weighted by Gasteiger charge is 2.44. The van der Waals surface area contributed by atoms with Gasteiger partial charge in [0.2, 0.25) is 5.78 Å². The van der Waals surface area contributed by atoms with E-state index >= 15 is 0 Å². The van der Waals surface area contributed by atoms with Gasteiger partial charge in [-0.05, 0) is 43.2 Å². The number of pyridine rings is 1. The highest BCUT2D eigenvalue weighted by Crippen LogP contribution is 2.41. The van der Waals surface area contributed by atoms with Crippen LogP contribution in [0.4, 0.5) is 0 Å². The van der Waals surface area contributed by atoms with Crippen molar-refractivity contribution in [3.05, 3.63) is 86.8 Å². The standard InChI is InChI=1S/C23H21N3O4S/c1-13-22(31-14(2)25-13)20(27)18-19(16-7-4-8-17(10-16)30-3)26(23(29)21(18)28)12-15-6-5-9-24-11-15/h4-11,19,28H,12H2,1-3H3/t19-/m1/s1. The molecule has 7 nitrogen and oxygen atoms in total. The van der Waals surface area contributed by atoms with E-state index < -0.39 is 23.5 Å². The van der Waals surface area contributed by atoms with Gasteiger partial charge in [0, 0.05) is 18.9 Å². The van der Waals surface area contributed by atoms with Gasteiger partial charge in [-0.2, -0.15) is 0 Å². The number of hydrogen-bond acceptors (Lipinski definition) is 7. The zero-order chi connectivity index (χ0) is 22.1. The van der Waals surface area contributed by atoms with E-state index in [4.69, 9.17) is 4.74 Å². The Hall–Kier alpha value is -3.52. The summed E-state index contributed by atoms with van der Waals surface area (Å²) in [6.07, 6.45) is 3.30. The Morgan fingerprint density at radius 3 is 2.71 bits per heavy atom. The van der Waals surface area contributed by atoms with E-state index in [1.54, 1.807) is 50.7 Å². The molecule has 1 amide bonds. The summed E-state index contributed by atoms with van der Waals surface area (Å²) < 4.78 is 5.34. The lowest BCUT2D eigenvalue weighted by atomic mass is 9.94. The second-order valence-corrected chi connectivity index (χ2v) is 8.42. The Balaban J connectivity index is 1.83. The molecule has 0 spiro atoms. The van der Waals surface area contributed by atoms with Crippen LogP contribution in [0.2, 0.25) is 0 Å². The summed E-state index contributed by atoms with van der Waals surface area (Å²) in [5.41, 5.74) is 2.09. The van der Waals surface area contributed by atoms with Crippen LogP contribution >= 0.6 is 11.3 Å². The SMILES string of the molecule is COc1cccc([C@@H]2C(C(=O)c3sc(C)nc3C)=C(O)C(=O)N2Cc2cccnc2)c1. The van der Waals surface area contributed by atoms with Crippen molar-refractivity contribution in [2.45, 2.75) is 26.4 Å². The molecule has 0 saturated heterocycles. The molecule has 1 atom stereocenters. The molecular formula is C23H21N3O4S. The number of rotatable bonds is 6. The number of aliphatic hydroxyl groups excluding tert-OH is 1. The molecule has 2 aromatic heterocycles. The van der Waals surface area contributed by atoms with Crippen molar-refractivity contribution in [3.63, 3.8) is 0 Å². The first kappa shape index (κ1) is 20.7. The highest BCUT2D eigenvalue weighted by molar-refractivity contribution is 7.14. The van der Waals surface area contributed by atoms with E-state index in [1.807, 2.05) is 19.1 Å². The van der Waals surface area contributed by atoms with Gasteiger partial charge in [0.05, 0.1) is 34.3 Å². The third-order valence-corrected chi connectivity index (χ3v) is 6.21. The lowest BCUT2D eigenvalue weighted by Gasteiger charge is -2.27. The molecule has 31 heavy (non-hydrogen) atoms. The van der Waals surface area contributed by atoms with Gasteiger partial charge in [-0.25, -0.2) is 4.98 Å². The maximum Gasteiger partial charge on any atom is 0.290 e. The van der Waals surface area contributed by atoms with Crippen molar-refractivity contribution in [2.24, 2.45) is 0 Å².